The van der Waals surface area contributed by atoms with Gasteiger partial charge in [0.1, 0.15) is 17.8 Å². The average Bonchev–Trinajstić information content (AvgIpc) is 3.55. The van der Waals surface area contributed by atoms with Gasteiger partial charge >= 0.3 is 12.4 Å². The molecular formula is C34H34F3N7O3S. The molecule has 0 spiro atoms. The van der Waals surface area contributed by atoms with Crippen molar-refractivity contribution >= 4 is 28.6 Å². The maximum absolute atomic E-state index is 13.1. The van der Waals surface area contributed by atoms with Crippen LogP contribution >= 0.6 is 11.8 Å². The number of rotatable bonds is 9. The first-order valence-electron chi connectivity index (χ1n) is 15.2. The lowest BCUT2D eigenvalue weighted by molar-refractivity contribution is -0.274. The van der Waals surface area contributed by atoms with Gasteiger partial charge in [-0.05, 0) is 60.7 Å². The lowest BCUT2D eigenvalue weighted by atomic mass is 9.99. The number of amides is 2. The number of amidine groups is 1. The molecule has 0 aliphatic carbocycles. The van der Waals surface area contributed by atoms with E-state index in [0.717, 1.165) is 29.2 Å². The molecule has 0 radical (unpaired) electrons. The Balaban J connectivity index is 1.25. The molecule has 3 aromatic carbocycles. The quantitative estimate of drug-likeness (QED) is 0.192. The van der Waals surface area contributed by atoms with Crippen LogP contribution in [0.3, 0.4) is 0 Å². The molecule has 14 heteroatoms. The van der Waals surface area contributed by atoms with Crippen molar-refractivity contribution in [3.63, 3.8) is 0 Å². The number of aromatic nitrogens is 3. The second kappa shape index (κ2) is 14.8. The van der Waals surface area contributed by atoms with Crippen molar-refractivity contribution in [2.75, 3.05) is 24.3 Å². The Morgan fingerprint density at radius 2 is 1.83 bits per heavy atom. The van der Waals surface area contributed by atoms with Gasteiger partial charge in [-0.1, -0.05) is 55.9 Å². The minimum Gasteiger partial charge on any atom is -0.497 e. The highest BCUT2D eigenvalue weighted by molar-refractivity contribution is 8.14. The summed E-state index contributed by atoms with van der Waals surface area (Å²) in [5.41, 5.74) is 3.94. The lowest BCUT2D eigenvalue weighted by Gasteiger charge is -2.37. The van der Waals surface area contributed by atoms with Crippen molar-refractivity contribution in [2.24, 2.45) is 4.99 Å². The Kier molecular flexibility index (Phi) is 10.6. The number of aliphatic imine (C=N–C) groups is 1. The van der Waals surface area contributed by atoms with E-state index in [0.29, 0.717) is 27.8 Å². The van der Waals surface area contributed by atoms with Crippen molar-refractivity contribution in [1.29, 1.82) is 5.26 Å². The molecule has 1 aliphatic rings. The number of anilines is 1. The molecule has 5 rings (SSSR count). The summed E-state index contributed by atoms with van der Waals surface area (Å²) in [6, 6.07) is 20.1. The SMILES string of the molecule is COc1ccc(C(C)C)c(N2/C(=N/C(=O)NCC(C#N)c3ccc(-c4ncn(-c5ccc(OC(F)(F)F)cc5)n4)cc3)SCCC2C)c1. The number of halogens is 3. The number of alkyl halides is 3. The molecule has 2 atom stereocenters. The highest BCUT2D eigenvalue weighted by Crippen LogP contribution is 2.37. The second-order valence-electron chi connectivity index (χ2n) is 11.4. The van der Waals surface area contributed by atoms with Gasteiger partial charge in [0.15, 0.2) is 11.0 Å². The van der Waals surface area contributed by atoms with Gasteiger partial charge in [0.25, 0.3) is 0 Å². The molecule has 1 saturated heterocycles. The second-order valence-corrected chi connectivity index (χ2v) is 12.4. The highest BCUT2D eigenvalue weighted by atomic mass is 32.2. The van der Waals surface area contributed by atoms with Gasteiger partial charge in [0, 0.05) is 30.0 Å². The summed E-state index contributed by atoms with van der Waals surface area (Å²) >= 11 is 1.52. The van der Waals surface area contributed by atoms with Crippen LogP contribution in [0.25, 0.3) is 17.1 Å². The molecule has 4 aromatic rings. The van der Waals surface area contributed by atoms with Gasteiger partial charge in [-0.15, -0.1) is 18.3 Å². The van der Waals surface area contributed by atoms with Gasteiger partial charge in [0.2, 0.25) is 0 Å². The van der Waals surface area contributed by atoms with Crippen LogP contribution in [0.1, 0.15) is 50.2 Å². The van der Waals surface area contributed by atoms with Crippen LogP contribution in [0, 0.1) is 11.3 Å². The third-order valence-corrected chi connectivity index (χ3v) is 8.73. The van der Waals surface area contributed by atoms with Gasteiger partial charge in [-0.3, -0.25) is 0 Å². The fourth-order valence-electron chi connectivity index (χ4n) is 5.22. The number of thioether (sulfide) groups is 1. The Labute approximate surface area is 280 Å². The van der Waals surface area contributed by atoms with E-state index < -0.39 is 18.3 Å². The summed E-state index contributed by atoms with van der Waals surface area (Å²) in [5, 5.41) is 17.7. The number of carbonyl (C=O) groups is 1. The van der Waals surface area contributed by atoms with E-state index in [9.17, 15) is 23.2 Å². The number of ether oxygens (including phenoxy) is 2. The average molecular weight is 678 g/mol. The first kappa shape index (κ1) is 34.3. The summed E-state index contributed by atoms with van der Waals surface area (Å²) in [4.78, 5) is 23.9. The molecular weight excluding hydrogens is 643 g/mol. The number of urea groups is 1. The van der Waals surface area contributed by atoms with E-state index in [2.05, 4.69) is 56.9 Å². The molecule has 10 nitrogen and oxygen atoms in total. The fourth-order valence-corrected chi connectivity index (χ4v) is 6.43. The Morgan fingerprint density at radius 3 is 2.48 bits per heavy atom. The summed E-state index contributed by atoms with van der Waals surface area (Å²) in [5.74, 6) is 1.21. The number of methoxy groups -OCH3 is 1. The van der Waals surface area contributed by atoms with Crippen molar-refractivity contribution in [3.05, 3.63) is 84.2 Å². The summed E-state index contributed by atoms with van der Waals surface area (Å²) in [6.45, 7) is 6.41. The topological polar surface area (TPSA) is 118 Å². The molecule has 0 bridgehead atoms. The number of hydrogen-bond acceptors (Lipinski definition) is 7. The predicted octanol–water partition coefficient (Wildman–Crippen LogP) is 7.67. The standard InChI is InChI=1S/C34H34F3N7O3S/c1-21(2)29-14-13-28(46-4)17-30(29)44-22(3)15-16-48-33(44)41-32(45)39-19-25(18-38)23-5-7-24(8-6-23)31-40-20-43(42-31)26-9-11-27(12-10-26)47-34(35,36)37/h5-14,17,20-22,25H,15-16,19H2,1-4H3,(H,39,45)/b41-33-. The molecule has 1 aromatic heterocycles. The summed E-state index contributed by atoms with van der Waals surface area (Å²) in [7, 11) is 1.63. The van der Waals surface area contributed by atoms with E-state index in [-0.39, 0.29) is 24.3 Å². The van der Waals surface area contributed by atoms with Crippen LogP contribution < -0.4 is 19.7 Å². The van der Waals surface area contributed by atoms with E-state index in [1.165, 1.54) is 47.0 Å². The van der Waals surface area contributed by atoms with Crippen molar-refractivity contribution in [3.8, 4) is 34.6 Å². The zero-order valence-electron chi connectivity index (χ0n) is 26.7. The van der Waals surface area contributed by atoms with Crippen molar-refractivity contribution in [2.45, 2.75) is 51.4 Å². The molecule has 1 aliphatic heterocycles. The summed E-state index contributed by atoms with van der Waals surface area (Å²) in [6.07, 6.45) is -2.40. The van der Waals surface area contributed by atoms with Gasteiger partial charge in [0.05, 0.1) is 30.5 Å². The number of nitriles is 1. The number of hydrogen-bond donors (Lipinski definition) is 1. The van der Waals surface area contributed by atoms with Crippen molar-refractivity contribution < 1.29 is 27.4 Å². The zero-order chi connectivity index (χ0) is 34.4. The number of nitrogens with zero attached hydrogens (tertiary/aromatic N) is 6. The van der Waals surface area contributed by atoms with E-state index in [1.54, 1.807) is 31.4 Å². The van der Waals surface area contributed by atoms with Crippen LogP contribution in [0.5, 0.6) is 11.5 Å². The highest BCUT2D eigenvalue weighted by Gasteiger charge is 2.31. The molecule has 2 heterocycles. The largest absolute Gasteiger partial charge is 0.573 e. The van der Waals surface area contributed by atoms with Crippen LogP contribution in [0.2, 0.25) is 0 Å². The van der Waals surface area contributed by atoms with Crippen LogP contribution in [0.4, 0.5) is 23.7 Å². The van der Waals surface area contributed by atoms with Crippen LogP contribution in [0.15, 0.2) is 78.0 Å². The maximum Gasteiger partial charge on any atom is 0.573 e. The normalized spacial score (nSPS) is 16.4. The fraction of sp³-hybridized carbons (Fsp3) is 0.324. The van der Waals surface area contributed by atoms with Crippen LogP contribution in [-0.4, -0.2) is 57.8 Å². The molecule has 48 heavy (non-hydrogen) atoms. The molecule has 2 amide bonds. The Bertz CT molecular complexity index is 1800. The third kappa shape index (κ3) is 8.27. The van der Waals surface area contributed by atoms with Gasteiger partial charge in [-0.2, -0.15) is 10.3 Å². The van der Waals surface area contributed by atoms with E-state index >= 15 is 0 Å². The smallest absolute Gasteiger partial charge is 0.497 e. The number of benzene rings is 3. The first-order valence-corrected chi connectivity index (χ1v) is 16.2. The maximum atomic E-state index is 13.1. The minimum absolute atomic E-state index is 0.0585. The first-order chi connectivity index (χ1) is 23.0. The molecule has 1 fully saturated rings. The van der Waals surface area contributed by atoms with E-state index in [4.69, 9.17) is 4.74 Å². The molecule has 0 saturated carbocycles. The summed E-state index contributed by atoms with van der Waals surface area (Å²) < 4.78 is 48.2. The zero-order valence-corrected chi connectivity index (χ0v) is 27.5. The number of carbonyl (C=O) groups excluding carboxylic acids is 1. The molecule has 250 valence electrons. The van der Waals surface area contributed by atoms with Crippen molar-refractivity contribution in [1.82, 2.24) is 20.1 Å². The Hall–Kier alpha value is -5.03. The number of nitrogens with one attached hydrogen (secondary N) is 1. The van der Waals surface area contributed by atoms with Gasteiger partial charge < -0.3 is 19.7 Å². The molecule has 1 N–H and O–H groups in total. The molecule has 2 unspecified atom stereocenters. The minimum atomic E-state index is -4.77. The third-order valence-electron chi connectivity index (χ3n) is 7.74. The predicted molar refractivity (Wildman–Crippen MR) is 179 cm³/mol. The van der Waals surface area contributed by atoms with Crippen LogP contribution in [-0.2, 0) is 0 Å². The van der Waals surface area contributed by atoms with Gasteiger partial charge in [-0.25, -0.2) is 14.5 Å². The lowest BCUT2D eigenvalue weighted by Crippen LogP contribution is -2.43. The van der Waals surface area contributed by atoms with E-state index in [1.807, 2.05) is 18.2 Å². The monoisotopic (exact) mass is 677 g/mol. The Morgan fingerprint density at radius 1 is 1.12 bits per heavy atom.